The molecule has 0 aliphatic heterocycles. The molecule has 0 N–H and O–H groups in total. The van der Waals surface area contributed by atoms with Crippen molar-refractivity contribution in [3.8, 4) is 0 Å². The molecule has 0 aromatic heterocycles. The Hall–Kier alpha value is -0.350. The van der Waals surface area contributed by atoms with E-state index in [1.54, 1.807) is 12.1 Å². The zero-order valence-electron chi connectivity index (χ0n) is 8.09. The van der Waals surface area contributed by atoms with Crippen LogP contribution in [0.25, 0.3) is 0 Å². The number of aromatic carboxylic acids is 1. The maximum atomic E-state index is 10.6. The zero-order valence-corrected chi connectivity index (χ0v) is 11.3. The maximum Gasteiger partial charge on any atom is 0.0908 e. The first-order valence-corrected chi connectivity index (χ1v) is 6.15. The molecule has 15 heavy (non-hydrogen) atoms. The molecule has 80 valence electrons. The molecular formula is C11H9Br2O2-. The third-order valence-electron chi connectivity index (χ3n) is 3.02. The van der Waals surface area contributed by atoms with Crippen LogP contribution in [0, 0.1) is 0 Å². The predicted molar refractivity (Wildman–Crippen MR) is 63.3 cm³/mol. The summed E-state index contributed by atoms with van der Waals surface area (Å²) in [6.07, 6.45) is 0.991. The zero-order chi connectivity index (χ0) is 11.3. The van der Waals surface area contributed by atoms with Crippen LogP contribution in [0.2, 0.25) is 0 Å². The highest BCUT2D eigenvalue weighted by atomic mass is 79.9. The quantitative estimate of drug-likeness (QED) is 0.779. The van der Waals surface area contributed by atoms with Crippen LogP contribution in [-0.2, 0) is 5.41 Å². The Morgan fingerprint density at radius 2 is 1.80 bits per heavy atom. The van der Waals surface area contributed by atoms with E-state index < -0.39 is 5.97 Å². The summed E-state index contributed by atoms with van der Waals surface area (Å²) in [6, 6.07) is 6.86. The first-order chi connectivity index (χ1) is 6.87. The van der Waals surface area contributed by atoms with Gasteiger partial charge >= 0.3 is 0 Å². The second kappa shape index (κ2) is 3.32. The van der Waals surface area contributed by atoms with E-state index in [1.165, 1.54) is 0 Å². The van der Waals surface area contributed by atoms with E-state index in [0.717, 1.165) is 12.0 Å². The molecule has 4 heteroatoms. The summed E-state index contributed by atoms with van der Waals surface area (Å²) in [7, 11) is 0. The Balaban J connectivity index is 2.30. The Kier molecular flexibility index (Phi) is 2.47. The van der Waals surface area contributed by atoms with Gasteiger partial charge in [-0.15, -0.1) is 0 Å². The van der Waals surface area contributed by atoms with Gasteiger partial charge in [-0.05, 0) is 17.5 Å². The summed E-state index contributed by atoms with van der Waals surface area (Å²) in [5, 5.41) is 10.6. The van der Waals surface area contributed by atoms with Crippen molar-refractivity contribution < 1.29 is 9.90 Å². The number of halogens is 2. The minimum atomic E-state index is -1.13. The van der Waals surface area contributed by atoms with Crippen LogP contribution in [0.1, 0.15) is 29.3 Å². The molecule has 0 bridgehead atoms. The molecule has 0 spiro atoms. The second-order valence-electron chi connectivity index (χ2n) is 4.08. The number of rotatable bonds is 2. The largest absolute Gasteiger partial charge is 0.545 e. The number of hydrogen-bond donors (Lipinski definition) is 0. The Morgan fingerprint density at radius 1 is 1.33 bits per heavy atom. The van der Waals surface area contributed by atoms with Gasteiger partial charge < -0.3 is 9.90 Å². The third kappa shape index (κ3) is 1.74. The fraction of sp³-hybridized carbons (Fsp3) is 0.364. The fourth-order valence-electron chi connectivity index (χ4n) is 1.69. The van der Waals surface area contributed by atoms with E-state index >= 15 is 0 Å². The van der Waals surface area contributed by atoms with Gasteiger partial charge in [0, 0.05) is 5.41 Å². The highest BCUT2D eigenvalue weighted by Crippen LogP contribution is 2.66. The topological polar surface area (TPSA) is 40.1 Å². The monoisotopic (exact) mass is 331 g/mol. The fourth-order valence-corrected chi connectivity index (χ4v) is 3.27. The van der Waals surface area contributed by atoms with Crippen LogP contribution in [0.4, 0.5) is 0 Å². The average Bonchev–Trinajstić information content (AvgIpc) is 2.67. The van der Waals surface area contributed by atoms with E-state index in [9.17, 15) is 9.90 Å². The predicted octanol–water partition coefficient (Wildman–Crippen LogP) is 2.20. The molecule has 0 saturated heterocycles. The van der Waals surface area contributed by atoms with Gasteiger partial charge in [-0.3, -0.25) is 0 Å². The van der Waals surface area contributed by atoms with Gasteiger partial charge in [0.1, 0.15) is 0 Å². The van der Waals surface area contributed by atoms with Crippen LogP contribution in [0.5, 0.6) is 0 Å². The number of carbonyl (C=O) groups is 1. The number of carbonyl (C=O) groups excluding carboxylic acids is 1. The first-order valence-electron chi connectivity index (χ1n) is 4.56. The van der Waals surface area contributed by atoms with Gasteiger partial charge in [0.15, 0.2) is 0 Å². The smallest absolute Gasteiger partial charge is 0.0908 e. The van der Waals surface area contributed by atoms with E-state index in [0.29, 0.717) is 0 Å². The van der Waals surface area contributed by atoms with Crippen molar-refractivity contribution in [3.05, 3.63) is 35.4 Å². The average molecular weight is 333 g/mol. The third-order valence-corrected chi connectivity index (χ3v) is 5.33. The highest BCUT2D eigenvalue weighted by Gasteiger charge is 2.62. The molecular weight excluding hydrogens is 324 g/mol. The summed E-state index contributed by atoms with van der Waals surface area (Å²) in [5.74, 6) is -1.13. The van der Waals surface area contributed by atoms with Crippen LogP contribution in [0.15, 0.2) is 24.3 Å². The van der Waals surface area contributed by atoms with Crippen LogP contribution in [-0.4, -0.2) is 9.20 Å². The minimum absolute atomic E-state index is 0.0391. The van der Waals surface area contributed by atoms with Gasteiger partial charge in [-0.2, -0.15) is 0 Å². The lowest BCUT2D eigenvalue weighted by atomic mass is 9.97. The molecule has 1 aliphatic rings. The Morgan fingerprint density at radius 3 is 2.13 bits per heavy atom. The SMILES string of the molecule is C[C@]1(c2ccc(C(=O)[O-])cc2)CC1(Br)Br. The van der Waals surface area contributed by atoms with Gasteiger partial charge in [-0.25, -0.2) is 0 Å². The Labute approximate surface area is 105 Å². The highest BCUT2D eigenvalue weighted by molar-refractivity contribution is 9.25. The maximum absolute atomic E-state index is 10.6. The lowest BCUT2D eigenvalue weighted by molar-refractivity contribution is -0.255. The van der Waals surface area contributed by atoms with Crippen molar-refractivity contribution >= 4 is 37.8 Å². The second-order valence-corrected chi connectivity index (χ2v) is 7.85. The molecule has 0 unspecified atom stereocenters. The van der Waals surface area contributed by atoms with Crippen LogP contribution >= 0.6 is 31.9 Å². The summed E-state index contributed by atoms with van der Waals surface area (Å²) in [6.45, 7) is 2.13. The molecule has 1 atom stereocenters. The van der Waals surface area contributed by atoms with Crippen molar-refractivity contribution in [2.24, 2.45) is 0 Å². The van der Waals surface area contributed by atoms with Crippen molar-refractivity contribution in [3.63, 3.8) is 0 Å². The molecule has 2 rings (SSSR count). The van der Waals surface area contributed by atoms with Crippen molar-refractivity contribution in [1.82, 2.24) is 0 Å². The van der Waals surface area contributed by atoms with E-state index in [2.05, 4.69) is 38.8 Å². The summed E-state index contributed by atoms with van der Waals surface area (Å²) in [4.78, 5) is 10.6. The van der Waals surface area contributed by atoms with Crippen LogP contribution < -0.4 is 5.11 Å². The molecule has 1 aromatic carbocycles. The van der Waals surface area contributed by atoms with E-state index in [1.807, 2.05) is 12.1 Å². The van der Waals surface area contributed by atoms with E-state index in [-0.39, 0.29) is 14.2 Å². The van der Waals surface area contributed by atoms with Crippen LogP contribution in [0.3, 0.4) is 0 Å². The number of carboxylic acid groups (broad SMARTS) is 1. The number of carboxylic acids is 1. The van der Waals surface area contributed by atoms with Crippen molar-refractivity contribution in [2.45, 2.75) is 22.0 Å². The molecule has 0 amide bonds. The molecule has 0 heterocycles. The molecule has 1 aliphatic carbocycles. The normalized spacial score (nSPS) is 27.4. The molecule has 0 radical (unpaired) electrons. The van der Waals surface area contributed by atoms with E-state index in [4.69, 9.17) is 0 Å². The summed E-state index contributed by atoms with van der Waals surface area (Å²) < 4.78 is -0.0456. The van der Waals surface area contributed by atoms with Gasteiger partial charge in [-0.1, -0.05) is 63.0 Å². The van der Waals surface area contributed by atoms with Gasteiger partial charge in [0.25, 0.3) is 0 Å². The van der Waals surface area contributed by atoms with Crippen molar-refractivity contribution in [2.75, 3.05) is 0 Å². The molecule has 1 saturated carbocycles. The summed E-state index contributed by atoms with van der Waals surface area (Å²) in [5.41, 5.74) is 1.39. The lowest BCUT2D eigenvalue weighted by Crippen LogP contribution is -2.22. The number of alkyl halides is 2. The lowest BCUT2D eigenvalue weighted by Gasteiger charge is -2.13. The van der Waals surface area contributed by atoms with Crippen molar-refractivity contribution in [1.29, 1.82) is 0 Å². The van der Waals surface area contributed by atoms with Gasteiger partial charge in [0.05, 0.1) is 9.20 Å². The number of hydrogen-bond acceptors (Lipinski definition) is 2. The molecule has 1 fully saturated rings. The van der Waals surface area contributed by atoms with Gasteiger partial charge in [0.2, 0.25) is 0 Å². The Bertz CT molecular complexity index is 411. The summed E-state index contributed by atoms with van der Waals surface area (Å²) >= 11 is 7.16. The first kappa shape index (κ1) is 11.1. The molecule has 2 nitrogen and oxygen atoms in total. The number of benzene rings is 1. The molecule has 1 aromatic rings. The minimum Gasteiger partial charge on any atom is -0.545 e. The standard InChI is InChI=1S/C11H10Br2O2/c1-10(6-11(10,12)13)8-4-2-7(3-5-8)9(14)15/h2-5H,6H2,1H3,(H,14,15)/p-1/t10-/m1/s1.